The van der Waals surface area contributed by atoms with Gasteiger partial charge in [-0.2, -0.15) is 12.1 Å². The fraction of sp³-hybridized carbons (Fsp3) is 0.169. The average molecular weight is 1220 g/mol. The van der Waals surface area contributed by atoms with Crippen molar-refractivity contribution in [3.63, 3.8) is 0 Å². The second-order valence-corrected chi connectivity index (χ2v) is 23.5. The molecular formula is C71H60N7OPt-3. The van der Waals surface area contributed by atoms with Gasteiger partial charge in [-0.05, 0) is 120 Å². The van der Waals surface area contributed by atoms with Crippen LogP contribution in [0, 0.1) is 46.5 Å². The van der Waals surface area contributed by atoms with Crippen LogP contribution in [0.3, 0.4) is 0 Å². The molecule has 1 aliphatic heterocycles. The van der Waals surface area contributed by atoms with E-state index in [9.17, 15) is 0 Å². The Morgan fingerprint density at radius 2 is 0.975 bits per heavy atom. The van der Waals surface area contributed by atoms with Crippen molar-refractivity contribution in [1.29, 1.82) is 0 Å². The largest absolute Gasteiger partial charge is 0.509 e. The van der Waals surface area contributed by atoms with Crippen molar-refractivity contribution >= 4 is 88.3 Å². The quantitative estimate of drug-likeness (QED) is 0.149. The van der Waals surface area contributed by atoms with Gasteiger partial charge in [0.1, 0.15) is 11.6 Å². The van der Waals surface area contributed by atoms with Crippen LogP contribution >= 0.6 is 0 Å². The Labute approximate surface area is 481 Å². The topological polar surface area (TPSA) is 56.3 Å². The molecule has 0 spiro atoms. The molecule has 6 heterocycles. The summed E-state index contributed by atoms with van der Waals surface area (Å²) in [5, 5.41) is 7.09. The molecule has 0 fully saturated rings. The van der Waals surface area contributed by atoms with Gasteiger partial charge in [0.25, 0.3) is 0 Å². The van der Waals surface area contributed by atoms with E-state index in [4.69, 9.17) is 14.7 Å². The Morgan fingerprint density at radius 3 is 1.55 bits per heavy atom. The van der Waals surface area contributed by atoms with Crippen molar-refractivity contribution in [2.75, 3.05) is 9.80 Å². The third kappa shape index (κ3) is 7.97. The van der Waals surface area contributed by atoms with E-state index < -0.39 is 0 Å². The maximum absolute atomic E-state index is 6.81. The molecule has 80 heavy (non-hydrogen) atoms. The Hall–Kier alpha value is -8.45. The first kappa shape index (κ1) is 51.0. The molecular weight excluding hydrogens is 1160 g/mol. The Morgan fingerprint density at radius 1 is 0.438 bits per heavy atom. The zero-order valence-corrected chi connectivity index (χ0v) is 48.9. The van der Waals surface area contributed by atoms with E-state index in [1.807, 2.05) is 36.7 Å². The first-order valence-electron chi connectivity index (χ1n) is 27.3. The second kappa shape index (κ2) is 18.8. The Balaban J connectivity index is 0.00000605. The van der Waals surface area contributed by atoms with Gasteiger partial charge in [-0.25, -0.2) is 9.97 Å². The first-order chi connectivity index (χ1) is 38.1. The molecule has 1 aliphatic rings. The van der Waals surface area contributed by atoms with E-state index >= 15 is 0 Å². The number of hydrogen-bond donors (Lipinski definition) is 0. The van der Waals surface area contributed by atoms with Crippen molar-refractivity contribution in [2.24, 2.45) is 0 Å². The summed E-state index contributed by atoms with van der Waals surface area (Å²) in [5.41, 5.74) is 18.5. The normalized spacial score (nSPS) is 12.9. The molecule has 14 rings (SSSR count). The number of anilines is 4. The molecule has 0 aliphatic carbocycles. The fourth-order valence-corrected chi connectivity index (χ4v) is 12.3. The van der Waals surface area contributed by atoms with Crippen LogP contribution in [-0.4, -0.2) is 23.7 Å². The summed E-state index contributed by atoms with van der Waals surface area (Å²) >= 11 is 0. The van der Waals surface area contributed by atoms with Crippen LogP contribution in [0.15, 0.2) is 176 Å². The van der Waals surface area contributed by atoms with Crippen LogP contribution < -0.4 is 14.5 Å². The number of rotatable bonds is 7. The van der Waals surface area contributed by atoms with Gasteiger partial charge in [0, 0.05) is 72.0 Å². The molecule has 0 unspecified atom stereocenters. The van der Waals surface area contributed by atoms with Gasteiger partial charge in [0.2, 0.25) is 0 Å². The number of ether oxygens (including phenoxy) is 1. The summed E-state index contributed by atoms with van der Waals surface area (Å²) in [7, 11) is 0. The molecule has 0 amide bonds. The average Bonchev–Trinajstić information content (AvgIpc) is 4.36. The minimum atomic E-state index is -0.226. The minimum absolute atomic E-state index is 0. The number of pyridine rings is 2. The molecule has 5 aromatic heterocycles. The van der Waals surface area contributed by atoms with Crippen LogP contribution in [0.4, 0.5) is 22.9 Å². The molecule has 0 atom stereocenters. The predicted octanol–water partition coefficient (Wildman–Crippen LogP) is 18.4. The Bertz CT molecular complexity index is 4390. The van der Waals surface area contributed by atoms with Crippen molar-refractivity contribution < 1.29 is 25.8 Å². The zero-order valence-electron chi connectivity index (χ0n) is 46.7. The standard InChI is InChI=1S/C71H60N7O.Pt/c1-43-19-13-26-54-55-27-14-20-44(2)65(55)77(64(43)54)61-37-48(71(8,9)10)38-62(78-66-45(3)21-15-28-56(66)57-29-16-22-46(4)67(57)78)68(61)75-42-74(69-59(75)31-18-35-73-69)49-23-17-24-50(40-49)79-51-32-33-53-52-25-11-12-30-58(52)76(60(53)41-51)63-39-47(34-36-72-63)70(5,6)7;/h11-39,42H,1-10H3;/q-3;. The van der Waals surface area contributed by atoms with E-state index in [1.54, 1.807) is 0 Å². The van der Waals surface area contributed by atoms with E-state index in [2.05, 4.69) is 251 Å². The third-order valence-corrected chi connectivity index (χ3v) is 16.2. The molecule has 0 radical (unpaired) electrons. The number of hydrogen-bond acceptors (Lipinski definition) is 5. The fourth-order valence-electron chi connectivity index (χ4n) is 12.3. The summed E-state index contributed by atoms with van der Waals surface area (Å²) in [5.74, 6) is 2.74. The molecule has 0 saturated heterocycles. The predicted molar refractivity (Wildman–Crippen MR) is 327 cm³/mol. The SMILES string of the molecule is Cc1cccc2c3cccc(C)c3n(-c3cc(C(C)(C)C)cc(-n4c5c(C)cccc5c5cccc(C)c54)c3N3[CH-]N(c4[c-]c(Oc5[c-]c6c(cc5)c5ccccc5n6-c5cc(C(C)(C)C)ccn5)ccc4)c4ncccc43)c12.[Pt]. The molecule has 9 heteroatoms. The smallest absolute Gasteiger partial charge is 0.135 e. The summed E-state index contributed by atoms with van der Waals surface area (Å²) in [4.78, 5) is 14.6. The van der Waals surface area contributed by atoms with Gasteiger partial charge in [0.15, 0.2) is 0 Å². The number of aromatic nitrogens is 5. The summed E-state index contributed by atoms with van der Waals surface area (Å²) < 4.78 is 14.1. The van der Waals surface area contributed by atoms with Gasteiger partial charge in [-0.1, -0.05) is 144 Å². The first-order valence-corrected chi connectivity index (χ1v) is 27.3. The Kier molecular flexibility index (Phi) is 12.0. The minimum Gasteiger partial charge on any atom is -0.509 e. The number of fused-ring (bicyclic) bond motifs is 10. The monoisotopic (exact) mass is 1220 g/mol. The van der Waals surface area contributed by atoms with E-state index in [1.165, 1.54) is 77.0 Å². The van der Waals surface area contributed by atoms with Crippen molar-refractivity contribution in [3.8, 4) is 28.7 Å². The molecule has 8 nitrogen and oxygen atoms in total. The summed E-state index contributed by atoms with van der Waals surface area (Å²) in [6, 6.07) is 66.3. The summed E-state index contributed by atoms with van der Waals surface area (Å²) in [6.45, 7) is 24.8. The van der Waals surface area contributed by atoms with Crippen LogP contribution in [0.1, 0.15) is 74.9 Å². The van der Waals surface area contributed by atoms with E-state index in [0.717, 1.165) is 61.9 Å². The molecule has 0 bridgehead atoms. The van der Waals surface area contributed by atoms with Crippen LogP contribution in [-0.2, 0) is 31.9 Å². The molecule has 13 aromatic rings. The molecule has 8 aromatic carbocycles. The summed E-state index contributed by atoms with van der Waals surface area (Å²) in [6.07, 6.45) is 3.78. The van der Waals surface area contributed by atoms with E-state index in [-0.39, 0.29) is 31.9 Å². The maximum atomic E-state index is 6.81. The van der Waals surface area contributed by atoms with Crippen LogP contribution in [0.25, 0.3) is 82.6 Å². The van der Waals surface area contributed by atoms with Gasteiger partial charge in [0.05, 0.1) is 44.8 Å². The van der Waals surface area contributed by atoms with Gasteiger partial charge < -0.3 is 28.2 Å². The molecule has 398 valence electrons. The van der Waals surface area contributed by atoms with Crippen LogP contribution in [0.5, 0.6) is 11.5 Å². The van der Waals surface area contributed by atoms with Crippen LogP contribution in [0.2, 0.25) is 0 Å². The van der Waals surface area contributed by atoms with Gasteiger partial charge >= 0.3 is 0 Å². The number of benzene rings is 8. The van der Waals surface area contributed by atoms with Crippen molar-refractivity contribution in [2.45, 2.75) is 80.1 Å². The number of aryl methyl sites for hydroxylation is 4. The van der Waals surface area contributed by atoms with Crippen molar-refractivity contribution in [3.05, 3.63) is 228 Å². The maximum Gasteiger partial charge on any atom is 0.135 e. The van der Waals surface area contributed by atoms with Gasteiger partial charge in [-0.3, -0.25) is 0 Å². The van der Waals surface area contributed by atoms with Gasteiger partial charge in [-0.15, -0.1) is 42.4 Å². The van der Waals surface area contributed by atoms with E-state index in [0.29, 0.717) is 11.5 Å². The molecule has 0 saturated carbocycles. The zero-order chi connectivity index (χ0) is 54.2. The second-order valence-electron chi connectivity index (χ2n) is 23.5. The van der Waals surface area contributed by atoms with Crippen molar-refractivity contribution in [1.82, 2.24) is 23.7 Å². The third-order valence-electron chi connectivity index (χ3n) is 16.2. The number of nitrogens with zero attached hydrogens (tertiary/aromatic N) is 7. The molecule has 0 N–H and O–H groups in total. The number of para-hydroxylation sites is 5.